The van der Waals surface area contributed by atoms with Crippen molar-refractivity contribution in [3.8, 4) is 0 Å². The third-order valence-electron chi connectivity index (χ3n) is 2.74. The fraction of sp³-hybridized carbons (Fsp3) is 0.600. The number of aromatic nitrogens is 1. The first-order valence-corrected chi connectivity index (χ1v) is 5.60. The van der Waals surface area contributed by atoms with Crippen LogP contribution in [-0.4, -0.2) is 35.2 Å². The van der Waals surface area contributed by atoms with E-state index >= 15 is 0 Å². The summed E-state index contributed by atoms with van der Waals surface area (Å²) in [5, 5.41) is 16.7. The van der Waals surface area contributed by atoms with Crippen molar-refractivity contribution in [2.75, 3.05) is 13.2 Å². The topological polar surface area (TPSA) is 108 Å². The smallest absolute Gasteiger partial charge is 0.344 e. The van der Waals surface area contributed by atoms with Crippen LogP contribution in [0, 0.1) is 17.0 Å². The molecule has 1 saturated heterocycles. The number of carbonyl (C=O) groups is 1. The zero-order valence-corrected chi connectivity index (χ0v) is 9.84. The molecule has 1 atom stereocenters. The molecule has 0 aliphatic carbocycles. The number of nitrogens with one attached hydrogen (secondary N) is 1. The van der Waals surface area contributed by atoms with Crippen LogP contribution in [0.1, 0.15) is 29.1 Å². The molecule has 8 heteroatoms. The van der Waals surface area contributed by atoms with Crippen LogP contribution in [0.15, 0.2) is 4.52 Å². The molecule has 0 aromatic carbocycles. The van der Waals surface area contributed by atoms with Gasteiger partial charge in [0.1, 0.15) is 0 Å². The molecule has 1 aliphatic heterocycles. The Morgan fingerprint density at radius 2 is 2.44 bits per heavy atom. The van der Waals surface area contributed by atoms with Crippen molar-refractivity contribution in [1.29, 1.82) is 0 Å². The maximum Gasteiger partial charge on any atom is 0.344 e. The number of nitrogens with zero attached hydrogens (tertiary/aromatic N) is 2. The maximum absolute atomic E-state index is 11.7. The molecule has 0 saturated carbocycles. The van der Waals surface area contributed by atoms with Gasteiger partial charge in [0.15, 0.2) is 0 Å². The number of amides is 1. The number of nitro groups is 1. The number of rotatable bonds is 4. The van der Waals surface area contributed by atoms with Gasteiger partial charge < -0.3 is 14.6 Å². The first kappa shape index (κ1) is 12.5. The summed E-state index contributed by atoms with van der Waals surface area (Å²) in [7, 11) is 0. The normalized spacial score (nSPS) is 18.8. The molecular weight excluding hydrogens is 242 g/mol. The molecule has 0 bridgehead atoms. The third-order valence-corrected chi connectivity index (χ3v) is 2.74. The second-order valence-corrected chi connectivity index (χ2v) is 4.04. The number of aryl methyl sites for hydroxylation is 1. The van der Waals surface area contributed by atoms with Crippen LogP contribution in [0.4, 0.5) is 5.69 Å². The summed E-state index contributed by atoms with van der Waals surface area (Å²) >= 11 is 0. The van der Waals surface area contributed by atoms with Crippen molar-refractivity contribution in [3.05, 3.63) is 21.6 Å². The van der Waals surface area contributed by atoms with Crippen molar-refractivity contribution >= 4 is 11.6 Å². The van der Waals surface area contributed by atoms with Crippen molar-refractivity contribution < 1.29 is 19.0 Å². The van der Waals surface area contributed by atoms with Crippen LogP contribution in [0.2, 0.25) is 0 Å². The highest BCUT2D eigenvalue weighted by Gasteiger charge is 2.29. The molecular formula is C10H13N3O5. The van der Waals surface area contributed by atoms with Gasteiger partial charge in [-0.3, -0.25) is 14.9 Å². The Balaban J connectivity index is 2.02. The van der Waals surface area contributed by atoms with Crippen molar-refractivity contribution in [2.24, 2.45) is 0 Å². The van der Waals surface area contributed by atoms with Gasteiger partial charge >= 0.3 is 5.69 Å². The number of ether oxygens (including phenoxy) is 1. The van der Waals surface area contributed by atoms with Gasteiger partial charge in [-0.15, -0.1) is 0 Å². The van der Waals surface area contributed by atoms with E-state index in [4.69, 9.17) is 4.74 Å². The molecule has 1 fully saturated rings. The lowest BCUT2D eigenvalue weighted by molar-refractivity contribution is -0.386. The quantitative estimate of drug-likeness (QED) is 0.629. The van der Waals surface area contributed by atoms with E-state index < -0.39 is 10.8 Å². The monoisotopic (exact) mass is 255 g/mol. The van der Waals surface area contributed by atoms with Crippen molar-refractivity contribution in [3.63, 3.8) is 0 Å². The molecule has 1 aliphatic rings. The molecule has 1 aromatic rings. The lowest BCUT2D eigenvalue weighted by Crippen LogP contribution is -2.32. The zero-order valence-electron chi connectivity index (χ0n) is 9.84. The van der Waals surface area contributed by atoms with Crippen molar-refractivity contribution in [2.45, 2.75) is 25.9 Å². The van der Waals surface area contributed by atoms with E-state index in [1.807, 2.05) is 0 Å². The Labute approximate surface area is 102 Å². The summed E-state index contributed by atoms with van der Waals surface area (Å²) < 4.78 is 10.00. The minimum absolute atomic E-state index is 0.0160. The molecule has 1 amide bonds. The van der Waals surface area contributed by atoms with E-state index in [2.05, 4.69) is 15.0 Å². The number of hydrogen-bond acceptors (Lipinski definition) is 6. The second-order valence-electron chi connectivity index (χ2n) is 4.04. The predicted molar refractivity (Wildman–Crippen MR) is 59.2 cm³/mol. The summed E-state index contributed by atoms with van der Waals surface area (Å²) in [4.78, 5) is 21.8. The first-order chi connectivity index (χ1) is 8.59. The molecule has 18 heavy (non-hydrogen) atoms. The molecule has 1 N–H and O–H groups in total. The maximum atomic E-state index is 11.7. The van der Waals surface area contributed by atoms with Gasteiger partial charge in [-0.25, -0.2) is 0 Å². The Kier molecular flexibility index (Phi) is 3.56. The van der Waals surface area contributed by atoms with E-state index in [9.17, 15) is 14.9 Å². The van der Waals surface area contributed by atoms with Gasteiger partial charge in [0, 0.05) is 20.1 Å². The molecule has 1 aromatic heterocycles. The van der Waals surface area contributed by atoms with Gasteiger partial charge in [0.2, 0.25) is 11.5 Å². The van der Waals surface area contributed by atoms with E-state index in [0.717, 1.165) is 12.8 Å². The van der Waals surface area contributed by atoms with Gasteiger partial charge in [-0.1, -0.05) is 5.16 Å². The van der Waals surface area contributed by atoms with Gasteiger partial charge in [0.05, 0.1) is 11.0 Å². The predicted octanol–water partition coefficient (Wildman–Crippen LogP) is 0.800. The van der Waals surface area contributed by atoms with E-state index in [-0.39, 0.29) is 23.2 Å². The second kappa shape index (κ2) is 5.13. The zero-order chi connectivity index (χ0) is 13.1. The fourth-order valence-electron chi connectivity index (χ4n) is 1.83. The Morgan fingerprint density at radius 3 is 3.06 bits per heavy atom. The van der Waals surface area contributed by atoms with Crippen LogP contribution in [-0.2, 0) is 4.74 Å². The Hall–Kier alpha value is -1.96. The summed E-state index contributed by atoms with van der Waals surface area (Å²) in [5.41, 5.74) is -0.685. The fourth-order valence-corrected chi connectivity index (χ4v) is 1.83. The van der Waals surface area contributed by atoms with E-state index in [0.29, 0.717) is 13.2 Å². The molecule has 2 rings (SSSR count). The van der Waals surface area contributed by atoms with Crippen LogP contribution < -0.4 is 5.32 Å². The first-order valence-electron chi connectivity index (χ1n) is 5.60. The van der Waals surface area contributed by atoms with Crippen LogP contribution in [0.25, 0.3) is 0 Å². The van der Waals surface area contributed by atoms with Gasteiger partial charge in [-0.2, -0.15) is 0 Å². The molecule has 2 heterocycles. The lowest BCUT2D eigenvalue weighted by atomic mass is 10.2. The molecule has 98 valence electrons. The van der Waals surface area contributed by atoms with E-state index in [1.165, 1.54) is 6.92 Å². The van der Waals surface area contributed by atoms with Crippen LogP contribution >= 0.6 is 0 Å². The Morgan fingerprint density at radius 1 is 1.67 bits per heavy atom. The number of carbonyl (C=O) groups excluding carboxylic acids is 1. The average molecular weight is 255 g/mol. The largest absolute Gasteiger partial charge is 0.376 e. The summed E-state index contributed by atoms with van der Waals surface area (Å²) in [6, 6.07) is 0. The highest BCUT2D eigenvalue weighted by Crippen LogP contribution is 2.22. The summed E-state index contributed by atoms with van der Waals surface area (Å²) in [6.45, 7) is 2.40. The van der Waals surface area contributed by atoms with E-state index in [1.54, 1.807) is 0 Å². The highest BCUT2D eigenvalue weighted by molar-refractivity contribution is 5.96. The van der Waals surface area contributed by atoms with Crippen LogP contribution in [0.3, 0.4) is 0 Å². The van der Waals surface area contributed by atoms with Crippen LogP contribution in [0.5, 0.6) is 0 Å². The van der Waals surface area contributed by atoms with Crippen molar-refractivity contribution in [1.82, 2.24) is 10.5 Å². The average Bonchev–Trinajstić information content (AvgIpc) is 2.94. The summed E-state index contributed by atoms with van der Waals surface area (Å²) in [5.74, 6) is -0.601. The molecule has 0 radical (unpaired) electrons. The van der Waals surface area contributed by atoms with Gasteiger partial charge in [-0.05, 0) is 12.8 Å². The lowest BCUT2D eigenvalue weighted by Gasteiger charge is -2.09. The minimum Gasteiger partial charge on any atom is -0.376 e. The SMILES string of the molecule is Cc1onc(C(=O)NCC2CCCO2)c1[N+](=O)[O-]. The minimum atomic E-state index is -0.674. The molecule has 1 unspecified atom stereocenters. The molecule has 0 spiro atoms. The molecule has 8 nitrogen and oxygen atoms in total. The Bertz CT molecular complexity index is 464. The summed E-state index contributed by atoms with van der Waals surface area (Å²) in [6.07, 6.45) is 1.81. The number of hydrogen-bond donors (Lipinski definition) is 1. The van der Waals surface area contributed by atoms with Gasteiger partial charge in [0.25, 0.3) is 5.91 Å². The third kappa shape index (κ3) is 2.48. The standard InChI is InChI=1S/C10H13N3O5/c1-6-9(13(15)16)8(12-18-6)10(14)11-5-7-3-2-4-17-7/h7H,2-5H2,1H3,(H,11,14). The highest BCUT2D eigenvalue weighted by atomic mass is 16.6.